The number of fused-ring (bicyclic) bond motifs is 1. The van der Waals surface area contributed by atoms with Crippen LogP contribution in [0, 0.1) is 12.3 Å². The quantitative estimate of drug-likeness (QED) is 0.616. The van der Waals surface area contributed by atoms with Crippen LogP contribution in [0.1, 0.15) is 5.56 Å². The van der Waals surface area contributed by atoms with E-state index in [0.717, 1.165) is 16.8 Å². The summed E-state index contributed by atoms with van der Waals surface area (Å²) in [6, 6.07) is 16.1. The van der Waals surface area contributed by atoms with E-state index in [4.69, 9.17) is 10.1 Å². The molecule has 0 radical (unpaired) electrons. The average Bonchev–Trinajstić information content (AvgIpc) is 2.81. The molecule has 0 fully saturated rings. The van der Waals surface area contributed by atoms with Crippen LogP contribution >= 0.6 is 0 Å². The molecule has 3 rings (SSSR count). The molecule has 0 aliphatic carbocycles. The first-order valence-electron chi connectivity index (χ1n) is 7.73. The molecular weight excluding hydrogens is 366 g/mol. The number of halogens is 1. The number of allylic oxidation sites excluding steroid dienone is 1. The van der Waals surface area contributed by atoms with Gasteiger partial charge in [-0.15, -0.1) is 6.58 Å². The summed E-state index contributed by atoms with van der Waals surface area (Å²) < 4.78 is 9.76. The lowest BCUT2D eigenvalue weighted by Gasteiger charge is -2.08. The normalized spacial score (nSPS) is 10.4. The zero-order valence-electron chi connectivity index (χ0n) is 13.7. The minimum absolute atomic E-state index is 0. The summed E-state index contributed by atoms with van der Waals surface area (Å²) in [4.78, 5) is 0. The van der Waals surface area contributed by atoms with Crippen LogP contribution in [0.25, 0.3) is 11.0 Å². The van der Waals surface area contributed by atoms with Gasteiger partial charge in [0.15, 0.2) is 0 Å². The molecule has 0 atom stereocenters. The summed E-state index contributed by atoms with van der Waals surface area (Å²) in [7, 11) is 0. The minimum Gasteiger partial charge on any atom is -1.00 e. The topological polar surface area (TPSA) is 42.9 Å². The molecule has 5 heteroatoms. The van der Waals surface area contributed by atoms with E-state index in [9.17, 15) is 0 Å². The zero-order valence-corrected chi connectivity index (χ0v) is 15.3. The van der Waals surface area contributed by atoms with E-state index in [2.05, 4.69) is 6.58 Å². The summed E-state index contributed by atoms with van der Waals surface area (Å²) in [5, 5.41) is 8.42. The van der Waals surface area contributed by atoms with E-state index in [0.29, 0.717) is 25.3 Å². The maximum absolute atomic E-state index is 8.42. The molecule has 0 bridgehead atoms. The highest BCUT2D eigenvalue weighted by Gasteiger charge is 2.09. The van der Waals surface area contributed by atoms with Crippen molar-refractivity contribution >= 4 is 11.0 Å². The maximum Gasteiger partial charge on any atom is 0.203 e. The second-order valence-electron chi connectivity index (χ2n) is 5.53. The standard InChI is InChI=1S/C19H21N3O.BrH/c1-3-11-21-17-9-4-5-10-18(17)22(19(21)20)12-13-23-16-8-6-7-15(2)14-16;/h3-10,14,20H,1,11-13H2,2H3;1H/p-1. The molecule has 1 aromatic heterocycles. The van der Waals surface area contributed by atoms with E-state index in [1.807, 2.05) is 70.7 Å². The van der Waals surface area contributed by atoms with E-state index < -0.39 is 0 Å². The summed E-state index contributed by atoms with van der Waals surface area (Å²) in [5.41, 5.74) is 3.75. The lowest BCUT2D eigenvalue weighted by atomic mass is 10.2. The van der Waals surface area contributed by atoms with Gasteiger partial charge in [0.25, 0.3) is 0 Å². The molecule has 4 nitrogen and oxygen atoms in total. The molecule has 1 heterocycles. The molecule has 3 aromatic rings. The monoisotopic (exact) mass is 386 g/mol. The Morgan fingerprint density at radius 3 is 2.46 bits per heavy atom. The SMILES string of the molecule is C=CCn1c(=N)n(CCOc2cccc(C)c2)c2ccccc21.[Br-]. The number of hydrogen-bond acceptors (Lipinski definition) is 2. The fourth-order valence-corrected chi connectivity index (χ4v) is 2.79. The van der Waals surface area contributed by atoms with Crippen molar-refractivity contribution in [3.05, 3.63) is 72.4 Å². The number of nitrogens with one attached hydrogen (secondary N) is 1. The number of hydrogen-bond donors (Lipinski definition) is 1. The Morgan fingerprint density at radius 1 is 1.08 bits per heavy atom. The molecule has 0 saturated heterocycles. The predicted octanol–water partition coefficient (Wildman–Crippen LogP) is 0.500. The van der Waals surface area contributed by atoms with Gasteiger partial charge >= 0.3 is 0 Å². The molecular formula is C19H21BrN3O-. The average molecular weight is 387 g/mol. The predicted molar refractivity (Wildman–Crippen MR) is 92.7 cm³/mol. The molecule has 1 N–H and O–H groups in total. The Balaban J connectivity index is 0.00000208. The Labute approximate surface area is 152 Å². The van der Waals surface area contributed by atoms with Crippen molar-refractivity contribution in [2.45, 2.75) is 20.0 Å². The molecule has 126 valence electrons. The Hall–Kier alpha value is -2.27. The van der Waals surface area contributed by atoms with Crippen LogP contribution in [-0.4, -0.2) is 15.7 Å². The summed E-state index contributed by atoms with van der Waals surface area (Å²) in [6.45, 7) is 7.63. The van der Waals surface area contributed by atoms with Crippen LogP contribution in [0.3, 0.4) is 0 Å². The minimum atomic E-state index is 0. The third-order valence-corrected chi connectivity index (χ3v) is 3.86. The Bertz CT molecular complexity index is 895. The number of rotatable bonds is 6. The molecule has 0 spiro atoms. The largest absolute Gasteiger partial charge is 1.00 e. The second kappa shape index (κ2) is 8.02. The molecule has 0 unspecified atom stereocenters. The van der Waals surface area contributed by atoms with Gasteiger partial charge in [0.1, 0.15) is 12.4 Å². The highest BCUT2D eigenvalue weighted by molar-refractivity contribution is 5.75. The van der Waals surface area contributed by atoms with Crippen LogP contribution < -0.4 is 27.3 Å². The summed E-state index contributed by atoms with van der Waals surface area (Å²) >= 11 is 0. The number of para-hydroxylation sites is 2. The molecule has 0 amide bonds. The molecule has 24 heavy (non-hydrogen) atoms. The van der Waals surface area contributed by atoms with Crippen LogP contribution in [0.5, 0.6) is 5.75 Å². The lowest BCUT2D eigenvalue weighted by molar-refractivity contribution is -0.00000546. The van der Waals surface area contributed by atoms with Crippen LogP contribution in [0.2, 0.25) is 0 Å². The van der Waals surface area contributed by atoms with Crippen molar-refractivity contribution in [3.63, 3.8) is 0 Å². The van der Waals surface area contributed by atoms with Gasteiger partial charge in [-0.2, -0.15) is 0 Å². The third kappa shape index (κ3) is 3.62. The van der Waals surface area contributed by atoms with Crippen molar-refractivity contribution in [1.29, 1.82) is 5.41 Å². The first kappa shape index (κ1) is 18.1. The van der Waals surface area contributed by atoms with Gasteiger partial charge in [-0.25, -0.2) is 0 Å². The number of aryl methyl sites for hydroxylation is 1. The molecule has 0 aliphatic rings. The highest BCUT2D eigenvalue weighted by atomic mass is 79.9. The number of aromatic nitrogens is 2. The zero-order chi connectivity index (χ0) is 16.2. The van der Waals surface area contributed by atoms with Crippen molar-refractivity contribution in [3.8, 4) is 5.75 Å². The fraction of sp³-hybridized carbons (Fsp3) is 0.211. The van der Waals surface area contributed by atoms with Gasteiger partial charge in [0.05, 0.1) is 17.6 Å². The highest BCUT2D eigenvalue weighted by Crippen LogP contribution is 2.14. The van der Waals surface area contributed by atoms with Gasteiger partial charge in [-0.05, 0) is 36.8 Å². The molecule has 2 aromatic carbocycles. The van der Waals surface area contributed by atoms with Crippen LogP contribution in [-0.2, 0) is 13.1 Å². The number of nitrogens with zero attached hydrogens (tertiary/aromatic N) is 2. The first-order chi connectivity index (χ1) is 11.2. The van der Waals surface area contributed by atoms with Gasteiger partial charge in [-0.3, -0.25) is 5.41 Å². The third-order valence-electron chi connectivity index (χ3n) is 3.86. The van der Waals surface area contributed by atoms with Gasteiger partial charge in [0, 0.05) is 6.54 Å². The van der Waals surface area contributed by atoms with E-state index in [1.54, 1.807) is 0 Å². The maximum atomic E-state index is 8.42. The summed E-state index contributed by atoms with van der Waals surface area (Å²) in [5.74, 6) is 0.868. The van der Waals surface area contributed by atoms with Crippen molar-refractivity contribution < 1.29 is 21.7 Å². The molecule has 0 aliphatic heterocycles. The van der Waals surface area contributed by atoms with Crippen LogP contribution in [0.4, 0.5) is 0 Å². The first-order valence-corrected chi connectivity index (χ1v) is 7.73. The van der Waals surface area contributed by atoms with Gasteiger partial charge in [0.2, 0.25) is 5.62 Å². The van der Waals surface area contributed by atoms with Gasteiger partial charge < -0.3 is 30.9 Å². The van der Waals surface area contributed by atoms with Crippen molar-refractivity contribution in [2.75, 3.05) is 6.61 Å². The van der Waals surface area contributed by atoms with Gasteiger partial charge in [-0.1, -0.05) is 30.3 Å². The fourth-order valence-electron chi connectivity index (χ4n) is 2.79. The van der Waals surface area contributed by atoms with Crippen molar-refractivity contribution in [1.82, 2.24) is 9.13 Å². The van der Waals surface area contributed by atoms with E-state index in [1.165, 1.54) is 5.56 Å². The molecule has 0 saturated carbocycles. The number of imidazole rings is 1. The number of ether oxygens (including phenoxy) is 1. The van der Waals surface area contributed by atoms with Crippen molar-refractivity contribution in [2.24, 2.45) is 0 Å². The number of benzene rings is 2. The Kier molecular flexibility index (Phi) is 6.04. The van der Waals surface area contributed by atoms with E-state index >= 15 is 0 Å². The second-order valence-corrected chi connectivity index (χ2v) is 5.53. The smallest absolute Gasteiger partial charge is 0.203 e. The van der Waals surface area contributed by atoms with Crippen LogP contribution in [0.15, 0.2) is 61.2 Å². The summed E-state index contributed by atoms with van der Waals surface area (Å²) in [6.07, 6.45) is 1.82. The lowest BCUT2D eigenvalue weighted by Crippen LogP contribution is -3.00. The Morgan fingerprint density at radius 2 is 1.79 bits per heavy atom. The van der Waals surface area contributed by atoms with E-state index in [-0.39, 0.29) is 17.0 Å².